The van der Waals surface area contributed by atoms with Crippen LogP contribution in [0.5, 0.6) is 0 Å². The van der Waals surface area contributed by atoms with Crippen LogP contribution in [0.1, 0.15) is 0 Å². The smallest absolute Gasteiger partial charge is 0.166 e. The molecule has 8 heteroatoms. The molecule has 0 saturated heterocycles. The van der Waals surface area contributed by atoms with Gasteiger partial charge in [0.15, 0.2) is 10.0 Å². The number of pyridine rings is 2. The van der Waals surface area contributed by atoms with Gasteiger partial charge in [-0.15, -0.1) is 20.4 Å². The average Bonchev–Trinajstić information content (AvgIpc) is 3.96. The SMILES string of the molecule is c1ccc(-c2cc(-c3nnc(-c4cccc(-c5cccc6ccccc56)n4)s3)cc(-c3nnc(-c4cccc(-c5cccc6ccccc56)n4)s3)c2)cc1. The Bertz CT molecular complexity index is 2780. The van der Waals surface area contributed by atoms with Crippen LogP contribution in [0.2, 0.25) is 0 Å². The van der Waals surface area contributed by atoms with E-state index in [2.05, 4.69) is 160 Å². The highest BCUT2D eigenvalue weighted by molar-refractivity contribution is 7.18. The highest BCUT2D eigenvalue weighted by Crippen LogP contribution is 2.39. The Balaban J connectivity index is 1.01. The molecule has 10 rings (SSSR count). The molecule has 54 heavy (non-hydrogen) atoms. The zero-order valence-corrected chi connectivity index (χ0v) is 30.3. The van der Waals surface area contributed by atoms with E-state index in [1.54, 1.807) is 0 Å². The first-order valence-corrected chi connectivity index (χ1v) is 19.2. The molecule has 4 heterocycles. The number of aromatic nitrogens is 6. The van der Waals surface area contributed by atoms with Crippen LogP contribution in [0, 0.1) is 0 Å². The second-order valence-corrected chi connectivity index (χ2v) is 14.8. The summed E-state index contributed by atoms with van der Waals surface area (Å²) in [5.74, 6) is 0. The van der Waals surface area contributed by atoms with Gasteiger partial charge in [0, 0.05) is 22.3 Å². The standard InChI is InChI=1S/C46H28N6S2/c1-2-12-29(13-3-1)32-26-33(43-49-51-45(53-43)41-24-10-22-39(47-41)37-20-8-16-30-14-4-6-18-35(30)37)28-34(27-32)44-50-52-46(54-44)42-25-11-23-40(48-42)38-21-9-17-31-15-5-7-19-36(31)38/h1-28H. The number of fused-ring (bicyclic) bond motifs is 2. The molecule has 0 spiro atoms. The Morgan fingerprint density at radius 3 is 1.24 bits per heavy atom. The van der Waals surface area contributed by atoms with Gasteiger partial charge in [-0.3, -0.25) is 0 Å². The Morgan fingerprint density at radius 1 is 0.296 bits per heavy atom. The normalized spacial score (nSPS) is 11.3. The van der Waals surface area contributed by atoms with E-state index in [-0.39, 0.29) is 0 Å². The lowest BCUT2D eigenvalue weighted by molar-refractivity contribution is 1.09. The molecule has 0 radical (unpaired) electrons. The van der Waals surface area contributed by atoms with Crippen molar-refractivity contribution in [1.82, 2.24) is 30.4 Å². The molecular formula is C46H28N6S2. The minimum atomic E-state index is 0.758. The molecule has 0 N–H and O–H groups in total. The first-order valence-electron chi connectivity index (χ1n) is 17.5. The van der Waals surface area contributed by atoms with Gasteiger partial charge in [-0.05, 0) is 75.1 Å². The number of benzene rings is 6. The number of hydrogen-bond donors (Lipinski definition) is 0. The summed E-state index contributed by atoms with van der Waals surface area (Å²) < 4.78 is 0. The summed E-state index contributed by atoms with van der Waals surface area (Å²) in [6, 6.07) is 58.4. The quantitative estimate of drug-likeness (QED) is 0.163. The summed E-state index contributed by atoms with van der Waals surface area (Å²) in [4.78, 5) is 10.1. The van der Waals surface area contributed by atoms with E-state index >= 15 is 0 Å². The van der Waals surface area contributed by atoms with E-state index in [1.165, 1.54) is 44.2 Å². The summed E-state index contributed by atoms with van der Waals surface area (Å²) in [6.45, 7) is 0. The predicted molar refractivity (Wildman–Crippen MR) is 222 cm³/mol. The third kappa shape index (κ3) is 6.03. The Morgan fingerprint density at radius 2 is 0.704 bits per heavy atom. The van der Waals surface area contributed by atoms with Crippen LogP contribution in [0.25, 0.3) is 97.7 Å². The lowest BCUT2D eigenvalue weighted by Gasteiger charge is -2.08. The van der Waals surface area contributed by atoms with Gasteiger partial charge in [0.25, 0.3) is 0 Å². The lowest BCUT2D eigenvalue weighted by Crippen LogP contribution is -1.88. The molecule has 0 saturated carbocycles. The zero-order valence-electron chi connectivity index (χ0n) is 28.7. The van der Waals surface area contributed by atoms with E-state index in [0.717, 1.165) is 76.2 Å². The van der Waals surface area contributed by atoms with Crippen LogP contribution in [-0.4, -0.2) is 30.4 Å². The molecule has 0 amide bonds. The van der Waals surface area contributed by atoms with Gasteiger partial charge >= 0.3 is 0 Å². The van der Waals surface area contributed by atoms with Crippen LogP contribution >= 0.6 is 22.7 Å². The molecule has 6 aromatic carbocycles. The fourth-order valence-electron chi connectivity index (χ4n) is 6.86. The molecule has 0 aliphatic carbocycles. The van der Waals surface area contributed by atoms with E-state index in [0.29, 0.717) is 0 Å². The van der Waals surface area contributed by atoms with Crippen molar-refractivity contribution < 1.29 is 0 Å². The van der Waals surface area contributed by atoms with Crippen LogP contribution < -0.4 is 0 Å². The van der Waals surface area contributed by atoms with Crippen molar-refractivity contribution in [3.05, 3.63) is 170 Å². The molecule has 0 fully saturated rings. The van der Waals surface area contributed by atoms with Crippen LogP contribution in [-0.2, 0) is 0 Å². The minimum absolute atomic E-state index is 0.758. The van der Waals surface area contributed by atoms with E-state index in [1.807, 2.05) is 30.3 Å². The first kappa shape index (κ1) is 32.0. The Kier molecular flexibility index (Phi) is 8.09. The van der Waals surface area contributed by atoms with E-state index < -0.39 is 0 Å². The van der Waals surface area contributed by atoms with Gasteiger partial charge in [-0.2, -0.15) is 0 Å². The Labute approximate surface area is 319 Å². The largest absolute Gasteiger partial charge is 0.245 e. The van der Waals surface area contributed by atoms with Gasteiger partial charge in [0.1, 0.15) is 21.4 Å². The fraction of sp³-hybridized carbons (Fsp3) is 0. The Hall–Kier alpha value is -6.74. The van der Waals surface area contributed by atoms with E-state index in [4.69, 9.17) is 9.97 Å². The highest BCUT2D eigenvalue weighted by atomic mass is 32.1. The maximum absolute atomic E-state index is 5.06. The molecule has 254 valence electrons. The van der Waals surface area contributed by atoms with Gasteiger partial charge < -0.3 is 0 Å². The molecule has 0 unspecified atom stereocenters. The van der Waals surface area contributed by atoms with Crippen molar-refractivity contribution in [3.8, 4) is 76.2 Å². The molecule has 0 bridgehead atoms. The maximum atomic E-state index is 5.06. The molecule has 10 aromatic rings. The molecule has 0 atom stereocenters. The lowest BCUT2D eigenvalue weighted by atomic mass is 10.00. The summed E-state index contributed by atoms with van der Waals surface area (Å²) in [7, 11) is 0. The predicted octanol–water partition coefficient (Wildman–Crippen LogP) is 12.2. The van der Waals surface area contributed by atoms with Gasteiger partial charge in [0.05, 0.1) is 11.4 Å². The zero-order chi connectivity index (χ0) is 35.8. The highest BCUT2D eigenvalue weighted by Gasteiger charge is 2.17. The van der Waals surface area contributed by atoms with Crippen molar-refractivity contribution in [2.75, 3.05) is 0 Å². The topological polar surface area (TPSA) is 77.3 Å². The number of hydrogen-bond acceptors (Lipinski definition) is 8. The van der Waals surface area contributed by atoms with Crippen LogP contribution in [0.15, 0.2) is 170 Å². The van der Waals surface area contributed by atoms with Crippen molar-refractivity contribution >= 4 is 44.2 Å². The molecular weight excluding hydrogens is 701 g/mol. The van der Waals surface area contributed by atoms with Crippen molar-refractivity contribution in [1.29, 1.82) is 0 Å². The molecule has 4 aromatic heterocycles. The van der Waals surface area contributed by atoms with Crippen LogP contribution in [0.4, 0.5) is 0 Å². The number of nitrogens with zero attached hydrogens (tertiary/aromatic N) is 6. The first-order chi connectivity index (χ1) is 26.7. The molecule has 0 aliphatic heterocycles. The van der Waals surface area contributed by atoms with Crippen molar-refractivity contribution in [3.63, 3.8) is 0 Å². The minimum Gasteiger partial charge on any atom is -0.245 e. The second-order valence-electron chi connectivity index (χ2n) is 12.9. The third-order valence-electron chi connectivity index (χ3n) is 9.45. The molecule has 6 nitrogen and oxygen atoms in total. The summed E-state index contributed by atoms with van der Waals surface area (Å²) in [5.41, 5.74) is 9.62. The van der Waals surface area contributed by atoms with Gasteiger partial charge in [0.2, 0.25) is 0 Å². The van der Waals surface area contributed by atoms with Gasteiger partial charge in [-0.25, -0.2) is 9.97 Å². The second kappa shape index (κ2) is 13.7. The number of rotatable bonds is 7. The summed E-state index contributed by atoms with van der Waals surface area (Å²) >= 11 is 3.06. The van der Waals surface area contributed by atoms with Gasteiger partial charge in [-0.1, -0.05) is 150 Å². The fourth-order valence-corrected chi connectivity index (χ4v) is 8.46. The third-order valence-corrected chi connectivity index (χ3v) is 11.4. The maximum Gasteiger partial charge on any atom is 0.166 e. The van der Waals surface area contributed by atoms with Crippen molar-refractivity contribution in [2.24, 2.45) is 0 Å². The van der Waals surface area contributed by atoms with E-state index in [9.17, 15) is 0 Å². The van der Waals surface area contributed by atoms with Crippen LogP contribution in [0.3, 0.4) is 0 Å². The van der Waals surface area contributed by atoms with Crippen molar-refractivity contribution in [2.45, 2.75) is 0 Å². The molecule has 0 aliphatic rings. The summed E-state index contributed by atoms with van der Waals surface area (Å²) in [5, 5.41) is 26.5. The summed E-state index contributed by atoms with van der Waals surface area (Å²) in [6.07, 6.45) is 0. The monoisotopic (exact) mass is 728 g/mol. The average molecular weight is 729 g/mol.